The Morgan fingerprint density at radius 3 is 2.46 bits per heavy atom. The van der Waals surface area contributed by atoms with Gasteiger partial charge in [-0.1, -0.05) is 30.3 Å². The summed E-state index contributed by atoms with van der Waals surface area (Å²) in [5.74, 6) is 0.456. The van der Waals surface area contributed by atoms with Crippen molar-refractivity contribution >= 4 is 5.91 Å². The maximum absolute atomic E-state index is 13.5. The summed E-state index contributed by atoms with van der Waals surface area (Å²) in [5.41, 5.74) is 1.57. The molecule has 2 aromatic carbocycles. The van der Waals surface area contributed by atoms with Gasteiger partial charge in [0.2, 0.25) is 5.91 Å². The van der Waals surface area contributed by atoms with E-state index >= 15 is 0 Å². The molecule has 4 nitrogen and oxygen atoms in total. The van der Waals surface area contributed by atoms with Crippen LogP contribution in [-0.4, -0.2) is 30.9 Å². The topological polar surface area (TPSA) is 41.6 Å². The fourth-order valence-corrected chi connectivity index (χ4v) is 2.23. The van der Waals surface area contributed by atoms with E-state index in [2.05, 4.69) is 5.32 Å². The SMILES string of the molecule is CC(NCc1ccc(OCc2ccccc2F)cc1)C(=O)N(C)C. The lowest BCUT2D eigenvalue weighted by Gasteiger charge is -2.18. The number of ether oxygens (including phenoxy) is 1. The van der Waals surface area contributed by atoms with E-state index in [1.54, 1.807) is 37.2 Å². The minimum Gasteiger partial charge on any atom is -0.489 e. The van der Waals surface area contributed by atoms with E-state index < -0.39 is 0 Å². The Kier molecular flexibility index (Phi) is 6.32. The van der Waals surface area contributed by atoms with Gasteiger partial charge in [-0.05, 0) is 30.7 Å². The number of carbonyl (C=O) groups is 1. The van der Waals surface area contributed by atoms with Crippen LogP contribution in [0.15, 0.2) is 48.5 Å². The molecular weight excluding hydrogens is 307 g/mol. The number of nitrogens with one attached hydrogen (secondary N) is 1. The van der Waals surface area contributed by atoms with Crippen LogP contribution in [0.4, 0.5) is 4.39 Å². The zero-order chi connectivity index (χ0) is 17.5. The number of likely N-dealkylation sites (N-methyl/N-ethyl adjacent to an activating group) is 1. The van der Waals surface area contributed by atoms with Gasteiger partial charge < -0.3 is 15.0 Å². The van der Waals surface area contributed by atoms with Crippen LogP contribution in [0.1, 0.15) is 18.1 Å². The average Bonchev–Trinajstić information content (AvgIpc) is 2.59. The first-order chi connectivity index (χ1) is 11.5. The first-order valence-electron chi connectivity index (χ1n) is 7.87. The molecular formula is C19H23FN2O2. The number of benzene rings is 2. The van der Waals surface area contributed by atoms with Gasteiger partial charge in [-0.25, -0.2) is 4.39 Å². The summed E-state index contributed by atoms with van der Waals surface area (Å²) in [6, 6.07) is 13.9. The quantitative estimate of drug-likeness (QED) is 0.849. The monoisotopic (exact) mass is 330 g/mol. The molecule has 24 heavy (non-hydrogen) atoms. The van der Waals surface area contributed by atoms with Crippen LogP contribution in [-0.2, 0) is 17.9 Å². The normalized spacial score (nSPS) is 11.8. The third kappa shape index (κ3) is 5.06. The van der Waals surface area contributed by atoms with E-state index in [-0.39, 0.29) is 24.4 Å². The van der Waals surface area contributed by atoms with Gasteiger partial charge in [0, 0.05) is 26.2 Å². The van der Waals surface area contributed by atoms with Gasteiger partial charge in [0.25, 0.3) is 0 Å². The number of hydrogen-bond donors (Lipinski definition) is 1. The minimum atomic E-state index is -0.266. The van der Waals surface area contributed by atoms with E-state index in [0.717, 1.165) is 5.56 Å². The highest BCUT2D eigenvalue weighted by Gasteiger charge is 2.13. The van der Waals surface area contributed by atoms with Gasteiger partial charge >= 0.3 is 0 Å². The number of amides is 1. The third-order valence-corrected chi connectivity index (χ3v) is 3.70. The molecule has 128 valence electrons. The van der Waals surface area contributed by atoms with Crippen LogP contribution < -0.4 is 10.1 Å². The smallest absolute Gasteiger partial charge is 0.238 e. The first kappa shape index (κ1) is 17.9. The van der Waals surface area contributed by atoms with Gasteiger partial charge in [0.05, 0.1) is 6.04 Å². The minimum absolute atomic E-state index is 0.0415. The lowest BCUT2D eigenvalue weighted by molar-refractivity contribution is -0.130. The van der Waals surface area contributed by atoms with Gasteiger partial charge in [-0.15, -0.1) is 0 Å². The van der Waals surface area contributed by atoms with E-state index in [9.17, 15) is 9.18 Å². The highest BCUT2D eigenvalue weighted by atomic mass is 19.1. The fourth-order valence-electron chi connectivity index (χ4n) is 2.23. The van der Waals surface area contributed by atoms with Crippen molar-refractivity contribution in [1.82, 2.24) is 10.2 Å². The lowest BCUT2D eigenvalue weighted by atomic mass is 10.2. The molecule has 5 heteroatoms. The second kappa shape index (κ2) is 8.45. The Bertz CT molecular complexity index is 671. The van der Waals surface area contributed by atoms with Crippen molar-refractivity contribution in [2.24, 2.45) is 0 Å². The predicted octanol–water partition coefficient (Wildman–Crippen LogP) is 2.97. The van der Waals surface area contributed by atoms with Gasteiger partial charge in [0.15, 0.2) is 0 Å². The number of halogens is 1. The van der Waals surface area contributed by atoms with Crippen molar-refractivity contribution in [2.45, 2.75) is 26.1 Å². The molecule has 0 saturated carbocycles. The van der Waals surface area contributed by atoms with Crippen LogP contribution in [0.25, 0.3) is 0 Å². The standard InChI is InChI=1S/C19H23FN2O2/c1-14(19(23)22(2)3)21-12-15-8-10-17(11-9-15)24-13-16-6-4-5-7-18(16)20/h4-11,14,21H,12-13H2,1-3H3. The maximum atomic E-state index is 13.5. The Hall–Kier alpha value is -2.40. The first-order valence-corrected chi connectivity index (χ1v) is 7.87. The summed E-state index contributed by atoms with van der Waals surface area (Å²) in [6.07, 6.45) is 0. The van der Waals surface area contributed by atoms with Crippen molar-refractivity contribution < 1.29 is 13.9 Å². The average molecular weight is 330 g/mol. The summed E-state index contributed by atoms with van der Waals surface area (Å²) >= 11 is 0. The molecule has 0 saturated heterocycles. The molecule has 0 aliphatic rings. The highest BCUT2D eigenvalue weighted by Crippen LogP contribution is 2.15. The van der Waals surface area contributed by atoms with Gasteiger partial charge in [-0.2, -0.15) is 0 Å². The van der Waals surface area contributed by atoms with E-state index in [0.29, 0.717) is 17.9 Å². The van der Waals surface area contributed by atoms with Crippen LogP contribution in [0, 0.1) is 5.82 Å². The zero-order valence-electron chi connectivity index (χ0n) is 14.3. The lowest BCUT2D eigenvalue weighted by Crippen LogP contribution is -2.41. The summed E-state index contributed by atoms with van der Waals surface area (Å²) in [6.45, 7) is 2.63. The summed E-state index contributed by atoms with van der Waals surface area (Å²) < 4.78 is 19.1. The van der Waals surface area contributed by atoms with Crippen LogP contribution in [0.3, 0.4) is 0 Å². The molecule has 2 aromatic rings. The van der Waals surface area contributed by atoms with Crippen molar-refractivity contribution in [2.75, 3.05) is 14.1 Å². The second-order valence-corrected chi connectivity index (χ2v) is 5.86. The van der Waals surface area contributed by atoms with E-state index in [4.69, 9.17) is 4.74 Å². The largest absolute Gasteiger partial charge is 0.489 e. The molecule has 0 aromatic heterocycles. The predicted molar refractivity (Wildman–Crippen MR) is 92.2 cm³/mol. The molecule has 1 N–H and O–H groups in total. The van der Waals surface area contributed by atoms with Crippen LogP contribution in [0.2, 0.25) is 0 Å². The van der Waals surface area contributed by atoms with Gasteiger partial charge in [-0.3, -0.25) is 4.79 Å². The zero-order valence-corrected chi connectivity index (χ0v) is 14.3. The second-order valence-electron chi connectivity index (χ2n) is 5.86. The number of hydrogen-bond acceptors (Lipinski definition) is 3. The molecule has 0 spiro atoms. The molecule has 1 atom stereocenters. The summed E-state index contributed by atoms with van der Waals surface area (Å²) in [5, 5.41) is 3.18. The Morgan fingerprint density at radius 2 is 1.83 bits per heavy atom. The van der Waals surface area contributed by atoms with Crippen molar-refractivity contribution in [3.63, 3.8) is 0 Å². The molecule has 0 aliphatic carbocycles. The molecule has 1 unspecified atom stereocenters. The van der Waals surface area contributed by atoms with Crippen molar-refractivity contribution in [1.29, 1.82) is 0 Å². The van der Waals surface area contributed by atoms with Crippen LogP contribution in [0.5, 0.6) is 5.75 Å². The van der Waals surface area contributed by atoms with E-state index in [1.807, 2.05) is 31.2 Å². The molecule has 2 rings (SSSR count). The molecule has 0 fully saturated rings. The Labute approximate surface area is 142 Å². The maximum Gasteiger partial charge on any atom is 0.238 e. The third-order valence-electron chi connectivity index (χ3n) is 3.70. The van der Waals surface area contributed by atoms with Crippen molar-refractivity contribution in [3.8, 4) is 5.75 Å². The molecule has 0 radical (unpaired) electrons. The summed E-state index contributed by atoms with van der Waals surface area (Å²) in [4.78, 5) is 13.3. The number of carbonyl (C=O) groups excluding carboxylic acids is 1. The molecule has 1 amide bonds. The molecule has 0 heterocycles. The van der Waals surface area contributed by atoms with E-state index in [1.165, 1.54) is 6.07 Å². The Balaban J connectivity index is 1.85. The number of rotatable bonds is 7. The van der Waals surface area contributed by atoms with Gasteiger partial charge in [0.1, 0.15) is 18.2 Å². The highest BCUT2D eigenvalue weighted by molar-refractivity contribution is 5.80. The molecule has 0 aliphatic heterocycles. The Morgan fingerprint density at radius 1 is 1.17 bits per heavy atom. The fraction of sp³-hybridized carbons (Fsp3) is 0.316. The van der Waals surface area contributed by atoms with Crippen molar-refractivity contribution in [3.05, 3.63) is 65.5 Å². The molecule has 0 bridgehead atoms. The van der Waals surface area contributed by atoms with Crippen LogP contribution >= 0.6 is 0 Å². The summed E-state index contributed by atoms with van der Waals surface area (Å²) in [7, 11) is 3.48. The number of nitrogens with zero attached hydrogens (tertiary/aromatic N) is 1.